The number of hydrogen-bond donors (Lipinski definition) is 1. The summed E-state index contributed by atoms with van der Waals surface area (Å²) >= 11 is 0. The maximum Gasteiger partial charge on any atom is 0.221 e. The maximum absolute atomic E-state index is 12.1. The van der Waals surface area contributed by atoms with Crippen LogP contribution in [0.25, 0.3) is 0 Å². The smallest absolute Gasteiger partial charge is 0.221 e. The molecule has 2 rings (SSSR count). The summed E-state index contributed by atoms with van der Waals surface area (Å²) in [5.74, 6) is 0.129. The molecule has 0 radical (unpaired) electrons. The summed E-state index contributed by atoms with van der Waals surface area (Å²) in [5, 5.41) is 3.12. The van der Waals surface area contributed by atoms with E-state index in [0.29, 0.717) is 25.6 Å². The van der Waals surface area contributed by atoms with Crippen LogP contribution < -0.4 is 5.32 Å². The molecule has 1 N–H and O–H groups in total. The Hall–Kier alpha value is -1.84. The van der Waals surface area contributed by atoms with Crippen molar-refractivity contribution in [1.29, 1.82) is 0 Å². The van der Waals surface area contributed by atoms with E-state index in [9.17, 15) is 9.59 Å². The Morgan fingerprint density at radius 2 is 1.79 bits per heavy atom. The fraction of sp³-hybridized carbons (Fsp3) is 0.600. The van der Waals surface area contributed by atoms with E-state index < -0.39 is 0 Å². The van der Waals surface area contributed by atoms with Gasteiger partial charge in [-0.15, -0.1) is 0 Å². The van der Waals surface area contributed by atoms with Crippen molar-refractivity contribution in [3.8, 4) is 0 Å². The van der Waals surface area contributed by atoms with Crippen LogP contribution in [0.3, 0.4) is 0 Å². The van der Waals surface area contributed by atoms with Crippen molar-refractivity contribution in [2.75, 3.05) is 13.1 Å². The zero-order valence-electron chi connectivity index (χ0n) is 14.8. The molecule has 1 aromatic rings. The van der Waals surface area contributed by atoms with Crippen molar-refractivity contribution in [3.05, 3.63) is 35.9 Å². The van der Waals surface area contributed by atoms with E-state index in [-0.39, 0.29) is 11.8 Å². The van der Waals surface area contributed by atoms with E-state index >= 15 is 0 Å². The number of aryl methyl sites for hydroxylation is 1. The predicted molar refractivity (Wildman–Crippen MR) is 96.6 cm³/mol. The second kappa shape index (κ2) is 10.1. The third-order valence-corrected chi connectivity index (χ3v) is 4.76. The number of nitrogens with zero attached hydrogens (tertiary/aromatic N) is 1. The van der Waals surface area contributed by atoms with Gasteiger partial charge in [-0.2, -0.15) is 0 Å². The lowest BCUT2D eigenvalue weighted by Crippen LogP contribution is -2.39. The summed E-state index contributed by atoms with van der Waals surface area (Å²) in [6.45, 7) is 2.81. The second-order valence-corrected chi connectivity index (χ2v) is 6.75. The van der Waals surface area contributed by atoms with Crippen molar-refractivity contribution < 1.29 is 9.59 Å². The SMILES string of the molecule is CC(=O)N(CCCc1ccccc1)CCC(=O)NC1CCCCC1. The molecular weight excluding hydrogens is 300 g/mol. The first-order valence-corrected chi connectivity index (χ1v) is 9.24. The van der Waals surface area contributed by atoms with Crippen LogP contribution in [0.15, 0.2) is 30.3 Å². The molecule has 2 amide bonds. The quantitative estimate of drug-likeness (QED) is 0.795. The minimum atomic E-state index is 0.0496. The van der Waals surface area contributed by atoms with E-state index in [1.165, 1.54) is 24.8 Å². The minimum Gasteiger partial charge on any atom is -0.353 e. The zero-order valence-corrected chi connectivity index (χ0v) is 14.8. The van der Waals surface area contributed by atoms with Gasteiger partial charge in [0.2, 0.25) is 11.8 Å². The molecule has 0 spiro atoms. The topological polar surface area (TPSA) is 49.4 Å². The first kappa shape index (κ1) is 18.5. The van der Waals surface area contributed by atoms with Gasteiger partial charge in [-0.1, -0.05) is 49.6 Å². The monoisotopic (exact) mass is 330 g/mol. The predicted octanol–water partition coefficient (Wildman–Crippen LogP) is 3.31. The van der Waals surface area contributed by atoms with Gasteiger partial charge in [0.15, 0.2) is 0 Å². The summed E-state index contributed by atoms with van der Waals surface area (Å²) in [6.07, 6.45) is 8.19. The first-order valence-electron chi connectivity index (χ1n) is 9.24. The van der Waals surface area contributed by atoms with Crippen LogP contribution in [-0.2, 0) is 16.0 Å². The fourth-order valence-electron chi connectivity index (χ4n) is 3.33. The number of benzene rings is 1. The Morgan fingerprint density at radius 3 is 2.46 bits per heavy atom. The van der Waals surface area contributed by atoms with Crippen molar-refractivity contribution in [2.45, 2.75) is 64.3 Å². The molecule has 1 aromatic carbocycles. The molecule has 1 fully saturated rings. The Kier molecular flexibility index (Phi) is 7.80. The minimum absolute atomic E-state index is 0.0496. The molecule has 0 saturated heterocycles. The van der Waals surface area contributed by atoms with Crippen molar-refractivity contribution >= 4 is 11.8 Å². The molecular formula is C20H30N2O2. The van der Waals surface area contributed by atoms with Gasteiger partial charge in [-0.25, -0.2) is 0 Å². The largest absolute Gasteiger partial charge is 0.353 e. The average Bonchev–Trinajstić information content (AvgIpc) is 2.59. The molecule has 0 aliphatic heterocycles. The lowest BCUT2D eigenvalue weighted by atomic mass is 9.95. The Labute approximate surface area is 145 Å². The summed E-state index contributed by atoms with van der Waals surface area (Å²) in [4.78, 5) is 25.7. The molecule has 132 valence electrons. The molecule has 0 heterocycles. The van der Waals surface area contributed by atoms with Gasteiger partial charge >= 0.3 is 0 Å². The highest BCUT2D eigenvalue weighted by Crippen LogP contribution is 2.17. The standard InChI is InChI=1S/C20H30N2O2/c1-17(23)22(15-8-11-18-9-4-2-5-10-18)16-14-20(24)21-19-12-6-3-7-13-19/h2,4-5,9-10,19H,3,6-8,11-16H2,1H3,(H,21,24). The van der Waals surface area contributed by atoms with Gasteiger partial charge in [0.1, 0.15) is 0 Å². The van der Waals surface area contributed by atoms with E-state index in [0.717, 1.165) is 25.7 Å². The number of nitrogens with one attached hydrogen (secondary N) is 1. The number of hydrogen-bond acceptors (Lipinski definition) is 2. The Balaban J connectivity index is 1.68. The summed E-state index contributed by atoms with van der Waals surface area (Å²) < 4.78 is 0. The molecule has 0 aromatic heterocycles. The number of amides is 2. The van der Waals surface area contributed by atoms with Crippen LogP contribution >= 0.6 is 0 Å². The van der Waals surface area contributed by atoms with Crippen LogP contribution in [0.5, 0.6) is 0 Å². The molecule has 4 heteroatoms. The zero-order chi connectivity index (χ0) is 17.2. The Bertz CT molecular complexity index is 510. The third kappa shape index (κ3) is 6.73. The molecule has 0 atom stereocenters. The molecule has 4 nitrogen and oxygen atoms in total. The van der Waals surface area contributed by atoms with Crippen molar-refractivity contribution in [1.82, 2.24) is 10.2 Å². The van der Waals surface area contributed by atoms with Crippen molar-refractivity contribution in [2.24, 2.45) is 0 Å². The molecule has 0 bridgehead atoms. The van der Waals surface area contributed by atoms with Gasteiger partial charge < -0.3 is 10.2 Å². The van der Waals surface area contributed by atoms with Gasteiger partial charge in [-0.3, -0.25) is 9.59 Å². The van der Waals surface area contributed by atoms with Crippen molar-refractivity contribution in [3.63, 3.8) is 0 Å². The summed E-state index contributed by atoms with van der Waals surface area (Å²) in [5.41, 5.74) is 1.29. The van der Waals surface area contributed by atoms with Crippen LogP contribution in [0, 0.1) is 0 Å². The lowest BCUT2D eigenvalue weighted by Gasteiger charge is -2.24. The molecule has 0 unspecified atom stereocenters. The van der Waals surface area contributed by atoms with E-state index in [2.05, 4.69) is 17.4 Å². The third-order valence-electron chi connectivity index (χ3n) is 4.76. The maximum atomic E-state index is 12.1. The number of rotatable bonds is 8. The van der Waals surface area contributed by atoms with Gasteiger partial charge in [-0.05, 0) is 31.2 Å². The summed E-state index contributed by atoms with van der Waals surface area (Å²) in [7, 11) is 0. The molecule has 1 saturated carbocycles. The highest BCUT2D eigenvalue weighted by Gasteiger charge is 2.17. The van der Waals surface area contributed by atoms with Crippen LogP contribution in [0.4, 0.5) is 0 Å². The molecule has 1 aliphatic rings. The summed E-state index contributed by atoms with van der Waals surface area (Å²) in [6, 6.07) is 10.6. The highest BCUT2D eigenvalue weighted by atomic mass is 16.2. The molecule has 24 heavy (non-hydrogen) atoms. The average molecular weight is 330 g/mol. The van der Waals surface area contributed by atoms with E-state index in [1.54, 1.807) is 11.8 Å². The van der Waals surface area contributed by atoms with Gasteiger partial charge in [0, 0.05) is 32.5 Å². The second-order valence-electron chi connectivity index (χ2n) is 6.75. The Morgan fingerprint density at radius 1 is 1.08 bits per heavy atom. The van der Waals surface area contributed by atoms with Crippen LogP contribution in [-0.4, -0.2) is 35.8 Å². The van der Waals surface area contributed by atoms with Crippen LogP contribution in [0.1, 0.15) is 57.4 Å². The first-order chi connectivity index (χ1) is 11.6. The lowest BCUT2D eigenvalue weighted by molar-refractivity contribution is -0.129. The normalized spacial score (nSPS) is 15.0. The number of carbonyl (C=O) groups excluding carboxylic acids is 2. The highest BCUT2D eigenvalue weighted by molar-refractivity contribution is 5.78. The fourth-order valence-corrected chi connectivity index (χ4v) is 3.33. The van der Waals surface area contributed by atoms with Crippen LogP contribution in [0.2, 0.25) is 0 Å². The van der Waals surface area contributed by atoms with Gasteiger partial charge in [0.25, 0.3) is 0 Å². The van der Waals surface area contributed by atoms with E-state index in [4.69, 9.17) is 0 Å². The molecule has 1 aliphatic carbocycles. The van der Waals surface area contributed by atoms with Gasteiger partial charge in [0.05, 0.1) is 0 Å². The van der Waals surface area contributed by atoms with E-state index in [1.807, 2.05) is 18.2 Å². The number of carbonyl (C=O) groups is 2.